The first-order valence-electron chi connectivity index (χ1n) is 7.13. The second-order valence-corrected chi connectivity index (χ2v) is 5.28. The number of aromatic nitrogens is 1. The first-order valence-corrected chi connectivity index (χ1v) is 7.13. The van der Waals surface area contributed by atoms with Gasteiger partial charge in [-0.05, 0) is 25.0 Å². The number of hydrogen-bond acceptors (Lipinski definition) is 3. The fourth-order valence-electron chi connectivity index (χ4n) is 2.81. The van der Waals surface area contributed by atoms with Crippen LogP contribution >= 0.6 is 0 Å². The van der Waals surface area contributed by atoms with E-state index in [9.17, 15) is 0 Å². The normalized spacial score (nSPS) is 16.9. The summed E-state index contributed by atoms with van der Waals surface area (Å²) in [4.78, 5) is 6.82. The van der Waals surface area contributed by atoms with Crippen molar-refractivity contribution >= 4 is 16.6 Å². The molecule has 0 spiro atoms. The topological polar surface area (TPSA) is 28.2 Å². The molecule has 1 aliphatic heterocycles. The Bertz CT molecular complexity index is 616. The molecule has 0 bridgehead atoms. The van der Waals surface area contributed by atoms with E-state index < -0.39 is 0 Å². The summed E-state index contributed by atoms with van der Waals surface area (Å²) in [6.07, 6.45) is 9.47. The second-order valence-electron chi connectivity index (χ2n) is 5.28. The molecule has 1 aliphatic rings. The van der Waals surface area contributed by atoms with E-state index in [1.165, 1.54) is 5.39 Å². The van der Waals surface area contributed by atoms with Gasteiger partial charge in [-0.1, -0.05) is 24.1 Å². The number of benzene rings is 1. The lowest BCUT2D eigenvalue weighted by Gasteiger charge is -2.31. The number of piperidine rings is 1. The summed E-state index contributed by atoms with van der Waals surface area (Å²) in [5, 5.41) is 4.83. The number of hydrogen-bond donors (Lipinski definition) is 1. The van der Waals surface area contributed by atoms with Gasteiger partial charge in [-0.25, -0.2) is 0 Å². The maximum atomic E-state index is 5.36. The van der Waals surface area contributed by atoms with Crippen molar-refractivity contribution < 1.29 is 0 Å². The van der Waals surface area contributed by atoms with E-state index in [1.54, 1.807) is 0 Å². The highest BCUT2D eigenvalue weighted by atomic mass is 15.1. The fraction of sp³-hybridized carbons (Fsp3) is 0.353. The average molecular weight is 265 g/mol. The Kier molecular flexibility index (Phi) is 3.85. The van der Waals surface area contributed by atoms with Crippen LogP contribution in [0, 0.1) is 12.3 Å². The van der Waals surface area contributed by atoms with E-state index in [0.717, 1.165) is 43.7 Å². The predicted molar refractivity (Wildman–Crippen MR) is 83.7 cm³/mol. The van der Waals surface area contributed by atoms with Crippen LogP contribution in [0.1, 0.15) is 12.8 Å². The molecule has 1 fully saturated rings. The molecule has 0 amide bonds. The Morgan fingerprint density at radius 2 is 2.05 bits per heavy atom. The number of fused-ring (bicyclic) bond motifs is 1. The number of pyridine rings is 1. The summed E-state index contributed by atoms with van der Waals surface area (Å²) in [6, 6.07) is 10.9. The number of nitrogens with zero attached hydrogens (tertiary/aromatic N) is 2. The van der Waals surface area contributed by atoms with E-state index in [1.807, 2.05) is 12.3 Å². The highest BCUT2D eigenvalue weighted by molar-refractivity contribution is 5.90. The number of terminal acetylenes is 1. The minimum Gasteiger partial charge on any atom is -0.380 e. The zero-order valence-electron chi connectivity index (χ0n) is 11.5. The molecule has 0 unspecified atom stereocenters. The molecule has 102 valence electrons. The van der Waals surface area contributed by atoms with E-state index in [-0.39, 0.29) is 0 Å². The summed E-state index contributed by atoms with van der Waals surface area (Å²) >= 11 is 0. The number of likely N-dealkylation sites (tertiary alicyclic amines) is 1. The van der Waals surface area contributed by atoms with E-state index >= 15 is 0 Å². The smallest absolute Gasteiger partial charge is 0.0933 e. The van der Waals surface area contributed by atoms with Crippen molar-refractivity contribution in [2.75, 3.05) is 25.0 Å². The van der Waals surface area contributed by atoms with Crippen LogP contribution in [0.4, 0.5) is 5.69 Å². The highest BCUT2D eigenvalue weighted by Crippen LogP contribution is 2.23. The van der Waals surface area contributed by atoms with Crippen molar-refractivity contribution in [2.24, 2.45) is 0 Å². The zero-order chi connectivity index (χ0) is 13.8. The Hall–Kier alpha value is -2.05. The molecule has 3 rings (SSSR count). The number of para-hydroxylation sites is 1. The SMILES string of the molecule is C#CCN1CCC(Nc2cccc3cccnc23)CC1. The Labute approximate surface area is 120 Å². The molecule has 1 aromatic carbocycles. The molecule has 1 N–H and O–H groups in total. The van der Waals surface area contributed by atoms with Crippen molar-refractivity contribution in [2.45, 2.75) is 18.9 Å². The molecule has 20 heavy (non-hydrogen) atoms. The van der Waals surface area contributed by atoms with Gasteiger partial charge in [0.2, 0.25) is 0 Å². The lowest BCUT2D eigenvalue weighted by molar-refractivity contribution is 0.243. The van der Waals surface area contributed by atoms with Crippen LogP contribution in [-0.2, 0) is 0 Å². The van der Waals surface area contributed by atoms with Gasteiger partial charge in [-0.15, -0.1) is 6.42 Å². The van der Waals surface area contributed by atoms with Crippen molar-refractivity contribution in [3.8, 4) is 12.3 Å². The molecule has 3 nitrogen and oxygen atoms in total. The monoisotopic (exact) mass is 265 g/mol. The Balaban J connectivity index is 1.70. The average Bonchev–Trinajstić information content (AvgIpc) is 2.50. The van der Waals surface area contributed by atoms with Gasteiger partial charge in [-0.3, -0.25) is 9.88 Å². The van der Waals surface area contributed by atoms with Gasteiger partial charge in [0.25, 0.3) is 0 Å². The van der Waals surface area contributed by atoms with E-state index in [2.05, 4.69) is 45.4 Å². The predicted octanol–water partition coefficient (Wildman–Crippen LogP) is 2.74. The van der Waals surface area contributed by atoms with Crippen molar-refractivity contribution in [1.82, 2.24) is 9.88 Å². The van der Waals surface area contributed by atoms with Crippen LogP contribution in [0.3, 0.4) is 0 Å². The van der Waals surface area contributed by atoms with Crippen LogP contribution < -0.4 is 5.32 Å². The molecule has 2 aromatic rings. The number of anilines is 1. The molecule has 0 aliphatic carbocycles. The summed E-state index contributed by atoms with van der Waals surface area (Å²) in [5.41, 5.74) is 2.19. The third-order valence-electron chi connectivity index (χ3n) is 3.89. The molecule has 0 radical (unpaired) electrons. The van der Waals surface area contributed by atoms with Crippen LogP contribution in [0.25, 0.3) is 10.9 Å². The van der Waals surface area contributed by atoms with Gasteiger partial charge >= 0.3 is 0 Å². The third-order valence-corrected chi connectivity index (χ3v) is 3.89. The molecule has 3 heteroatoms. The maximum absolute atomic E-state index is 5.36. The van der Waals surface area contributed by atoms with Crippen molar-refractivity contribution in [3.05, 3.63) is 36.5 Å². The molecule has 0 saturated carbocycles. The first kappa shape index (κ1) is 13.0. The number of rotatable bonds is 3. The second kappa shape index (κ2) is 5.94. The van der Waals surface area contributed by atoms with Gasteiger partial charge in [0, 0.05) is 30.7 Å². The fourth-order valence-corrected chi connectivity index (χ4v) is 2.81. The molecule has 1 saturated heterocycles. The first-order chi connectivity index (χ1) is 9.86. The highest BCUT2D eigenvalue weighted by Gasteiger charge is 2.18. The molecule has 0 atom stereocenters. The number of nitrogens with one attached hydrogen (secondary N) is 1. The Morgan fingerprint density at radius 1 is 1.25 bits per heavy atom. The maximum Gasteiger partial charge on any atom is 0.0933 e. The molecular formula is C17H19N3. The van der Waals surface area contributed by atoms with Gasteiger partial charge in [-0.2, -0.15) is 0 Å². The summed E-state index contributed by atoms with van der Waals surface area (Å²) in [7, 11) is 0. The molecule has 1 aromatic heterocycles. The standard InChI is InChI=1S/C17H19N3/c1-2-11-20-12-8-15(9-13-20)19-16-7-3-5-14-6-4-10-18-17(14)16/h1,3-7,10,15,19H,8-9,11-13H2. The van der Waals surface area contributed by atoms with Gasteiger partial charge in [0.15, 0.2) is 0 Å². The quantitative estimate of drug-likeness (QED) is 0.865. The third kappa shape index (κ3) is 2.76. The van der Waals surface area contributed by atoms with Crippen LogP contribution in [-0.4, -0.2) is 35.6 Å². The lowest BCUT2D eigenvalue weighted by Crippen LogP contribution is -2.39. The van der Waals surface area contributed by atoms with E-state index in [4.69, 9.17) is 6.42 Å². The summed E-state index contributed by atoms with van der Waals surface area (Å²) < 4.78 is 0. The van der Waals surface area contributed by atoms with Crippen LogP contribution in [0.2, 0.25) is 0 Å². The minimum absolute atomic E-state index is 0.511. The molecule has 2 heterocycles. The van der Waals surface area contributed by atoms with Crippen molar-refractivity contribution in [1.29, 1.82) is 0 Å². The zero-order valence-corrected chi connectivity index (χ0v) is 11.5. The molecular weight excluding hydrogens is 246 g/mol. The van der Waals surface area contributed by atoms with Crippen LogP contribution in [0.15, 0.2) is 36.5 Å². The largest absolute Gasteiger partial charge is 0.380 e. The van der Waals surface area contributed by atoms with E-state index in [0.29, 0.717) is 6.04 Å². The van der Waals surface area contributed by atoms with Gasteiger partial charge in [0.1, 0.15) is 0 Å². The summed E-state index contributed by atoms with van der Waals surface area (Å²) in [5.74, 6) is 2.72. The summed E-state index contributed by atoms with van der Waals surface area (Å²) in [6.45, 7) is 2.91. The van der Waals surface area contributed by atoms with Crippen LogP contribution in [0.5, 0.6) is 0 Å². The van der Waals surface area contributed by atoms with Gasteiger partial charge < -0.3 is 5.32 Å². The minimum atomic E-state index is 0.511. The van der Waals surface area contributed by atoms with Gasteiger partial charge in [0.05, 0.1) is 17.7 Å². The van der Waals surface area contributed by atoms with Crippen molar-refractivity contribution in [3.63, 3.8) is 0 Å². The Morgan fingerprint density at radius 3 is 2.85 bits per heavy atom. The lowest BCUT2D eigenvalue weighted by atomic mass is 10.0.